The Morgan fingerprint density at radius 2 is 1.83 bits per heavy atom. The summed E-state index contributed by atoms with van der Waals surface area (Å²) in [5.41, 5.74) is 0.650. The van der Waals surface area contributed by atoms with E-state index in [-0.39, 0.29) is 23.3 Å². The van der Waals surface area contributed by atoms with E-state index >= 15 is 0 Å². The second-order valence-corrected chi connectivity index (χ2v) is 2.77. The molecule has 0 aromatic heterocycles. The van der Waals surface area contributed by atoms with Crippen molar-refractivity contribution in [2.24, 2.45) is 10.2 Å². The zero-order chi connectivity index (χ0) is 9.30. The summed E-state index contributed by atoms with van der Waals surface area (Å²) < 4.78 is 0. The van der Waals surface area contributed by atoms with Crippen molar-refractivity contribution >= 4 is 11.6 Å². The summed E-state index contributed by atoms with van der Waals surface area (Å²) in [6.07, 6.45) is 0. The molecule has 0 saturated heterocycles. The Kier molecular flexibility index (Phi) is 2.17. The van der Waals surface area contributed by atoms with Crippen molar-refractivity contribution < 1.29 is 9.59 Å². The molecule has 4 nitrogen and oxygen atoms in total. The number of carbonyl (C=O) groups is 2. The molecule has 0 radical (unpaired) electrons. The fourth-order valence-electron chi connectivity index (χ4n) is 1.17. The molecule has 4 heteroatoms. The number of carbonyl (C=O) groups excluding carboxylic acids is 2. The number of hydrogen-bond acceptors (Lipinski definition) is 4. The first-order chi connectivity index (χ1) is 5.54. The molecule has 1 rings (SSSR count). The number of allylic oxidation sites excluding steroid dienone is 1. The van der Waals surface area contributed by atoms with Crippen LogP contribution in [0.2, 0.25) is 0 Å². The van der Waals surface area contributed by atoms with Gasteiger partial charge in [0.25, 0.3) is 0 Å². The molecule has 0 spiro atoms. The van der Waals surface area contributed by atoms with Crippen LogP contribution in [0.5, 0.6) is 0 Å². The number of nitrogens with zero attached hydrogens (tertiary/aromatic N) is 2. The van der Waals surface area contributed by atoms with Crippen LogP contribution in [-0.2, 0) is 9.59 Å². The first kappa shape index (κ1) is 8.77. The van der Waals surface area contributed by atoms with Crippen LogP contribution in [-0.4, -0.2) is 17.6 Å². The van der Waals surface area contributed by atoms with Crippen LogP contribution in [0.15, 0.2) is 21.5 Å². The van der Waals surface area contributed by atoms with Gasteiger partial charge in [0.2, 0.25) is 0 Å². The van der Waals surface area contributed by atoms with E-state index in [0.29, 0.717) is 5.57 Å². The van der Waals surface area contributed by atoms with Gasteiger partial charge in [0.1, 0.15) is 5.70 Å². The van der Waals surface area contributed by atoms with Crippen molar-refractivity contribution in [2.75, 3.05) is 0 Å². The summed E-state index contributed by atoms with van der Waals surface area (Å²) in [7, 11) is 0. The van der Waals surface area contributed by atoms with Crippen LogP contribution >= 0.6 is 0 Å². The average molecular weight is 166 g/mol. The Hall–Kier alpha value is -1.32. The number of rotatable bonds is 2. The van der Waals surface area contributed by atoms with E-state index < -0.39 is 0 Å². The molecule has 0 aromatic carbocycles. The molecule has 64 valence electrons. The average Bonchev–Trinajstić information content (AvgIpc) is 2.30. The van der Waals surface area contributed by atoms with Gasteiger partial charge in [-0.15, -0.1) is 0 Å². The number of azo groups is 1. The highest BCUT2D eigenvalue weighted by Gasteiger charge is 2.25. The first-order valence-electron chi connectivity index (χ1n) is 3.71. The number of Topliss-reactive ketones (excluding diaryl/α,β-unsaturated/α-hetero) is 2. The van der Waals surface area contributed by atoms with Crippen LogP contribution in [0.25, 0.3) is 0 Å². The highest BCUT2D eigenvalue weighted by atomic mass is 16.1. The molecule has 0 saturated carbocycles. The molecule has 1 unspecified atom stereocenters. The van der Waals surface area contributed by atoms with Crippen LogP contribution in [0.4, 0.5) is 0 Å². The number of hydrogen-bond donors (Lipinski definition) is 0. The van der Waals surface area contributed by atoms with Crippen LogP contribution < -0.4 is 0 Å². The molecule has 1 heterocycles. The van der Waals surface area contributed by atoms with Crippen molar-refractivity contribution in [1.82, 2.24) is 0 Å². The maximum absolute atomic E-state index is 11.0. The normalized spacial score (nSPS) is 21.8. The third-order valence-corrected chi connectivity index (χ3v) is 1.72. The zero-order valence-electron chi connectivity index (χ0n) is 7.29. The van der Waals surface area contributed by atoms with Crippen molar-refractivity contribution in [3.63, 3.8) is 0 Å². The minimum Gasteiger partial charge on any atom is -0.295 e. The summed E-state index contributed by atoms with van der Waals surface area (Å²) >= 11 is 0. The van der Waals surface area contributed by atoms with Gasteiger partial charge in [-0.1, -0.05) is 0 Å². The minimum absolute atomic E-state index is 0.127. The molecule has 0 bridgehead atoms. The van der Waals surface area contributed by atoms with Crippen LogP contribution in [0.3, 0.4) is 0 Å². The van der Waals surface area contributed by atoms with E-state index in [1.807, 2.05) is 0 Å². The third kappa shape index (κ3) is 1.32. The van der Waals surface area contributed by atoms with Gasteiger partial charge in [-0.05, 0) is 13.8 Å². The van der Waals surface area contributed by atoms with Crippen LogP contribution in [0.1, 0.15) is 20.8 Å². The molecule has 0 aliphatic carbocycles. The lowest BCUT2D eigenvalue weighted by Crippen LogP contribution is -2.11. The molecule has 1 atom stereocenters. The molecular formula is C8H10N2O2. The fourth-order valence-corrected chi connectivity index (χ4v) is 1.17. The van der Waals surface area contributed by atoms with Crippen molar-refractivity contribution in [2.45, 2.75) is 26.8 Å². The Labute approximate surface area is 70.4 Å². The van der Waals surface area contributed by atoms with Gasteiger partial charge in [-0.3, -0.25) is 9.59 Å². The lowest BCUT2D eigenvalue weighted by atomic mass is 10.0. The highest BCUT2D eigenvalue weighted by Crippen LogP contribution is 2.22. The van der Waals surface area contributed by atoms with Gasteiger partial charge >= 0.3 is 0 Å². The molecule has 1 aliphatic rings. The molecule has 12 heavy (non-hydrogen) atoms. The standard InChI is InChI=1S/C8H10N2O2/c1-4-7(5(2)11)8(6(3)12)10-9-4/h4H,1-3H3. The maximum Gasteiger partial charge on any atom is 0.180 e. The van der Waals surface area contributed by atoms with Crippen molar-refractivity contribution in [3.05, 3.63) is 11.3 Å². The van der Waals surface area contributed by atoms with Gasteiger partial charge in [-0.2, -0.15) is 10.2 Å². The Morgan fingerprint density at radius 3 is 2.17 bits per heavy atom. The van der Waals surface area contributed by atoms with Gasteiger partial charge < -0.3 is 0 Å². The predicted molar refractivity (Wildman–Crippen MR) is 42.7 cm³/mol. The summed E-state index contributed by atoms with van der Waals surface area (Å²) in [6.45, 7) is 4.55. The third-order valence-electron chi connectivity index (χ3n) is 1.72. The lowest BCUT2D eigenvalue weighted by Gasteiger charge is -2.00. The molecule has 0 amide bonds. The largest absolute Gasteiger partial charge is 0.295 e. The first-order valence-corrected chi connectivity index (χ1v) is 3.71. The van der Waals surface area contributed by atoms with Crippen LogP contribution in [0, 0.1) is 0 Å². The Morgan fingerprint density at radius 1 is 1.25 bits per heavy atom. The Balaban J connectivity index is 3.13. The SMILES string of the molecule is CC(=O)C1=C(C(C)=O)C(C)N=N1. The molecule has 0 aromatic rings. The zero-order valence-corrected chi connectivity index (χ0v) is 7.29. The minimum atomic E-state index is -0.263. The molecule has 0 N–H and O–H groups in total. The molecular weight excluding hydrogens is 156 g/mol. The fraction of sp³-hybridized carbons (Fsp3) is 0.500. The second-order valence-electron chi connectivity index (χ2n) is 2.77. The van der Waals surface area contributed by atoms with Crippen molar-refractivity contribution in [3.8, 4) is 0 Å². The topological polar surface area (TPSA) is 58.9 Å². The summed E-state index contributed by atoms with van der Waals surface area (Å²) in [4.78, 5) is 22.0. The highest BCUT2D eigenvalue weighted by molar-refractivity contribution is 6.05. The summed E-state index contributed by atoms with van der Waals surface area (Å²) in [6, 6.07) is -0.263. The maximum atomic E-state index is 11.0. The van der Waals surface area contributed by atoms with E-state index in [9.17, 15) is 9.59 Å². The van der Waals surface area contributed by atoms with Gasteiger partial charge in [-0.25, -0.2) is 0 Å². The van der Waals surface area contributed by atoms with Crippen molar-refractivity contribution in [1.29, 1.82) is 0 Å². The quantitative estimate of drug-likeness (QED) is 0.620. The molecule has 0 fully saturated rings. The number of ketones is 2. The van der Waals surface area contributed by atoms with Gasteiger partial charge in [0.15, 0.2) is 11.6 Å². The van der Waals surface area contributed by atoms with Gasteiger partial charge in [0.05, 0.1) is 11.6 Å². The summed E-state index contributed by atoms with van der Waals surface area (Å²) in [5, 5.41) is 7.40. The van der Waals surface area contributed by atoms with E-state index in [4.69, 9.17) is 0 Å². The van der Waals surface area contributed by atoms with E-state index in [0.717, 1.165) is 0 Å². The molecule has 1 aliphatic heterocycles. The van der Waals surface area contributed by atoms with Gasteiger partial charge in [0, 0.05) is 6.92 Å². The summed E-state index contributed by atoms with van der Waals surface area (Å²) in [5.74, 6) is -0.328. The van der Waals surface area contributed by atoms with E-state index in [2.05, 4.69) is 10.2 Å². The second kappa shape index (κ2) is 2.97. The monoisotopic (exact) mass is 166 g/mol. The Bertz CT molecular complexity index is 302. The lowest BCUT2D eigenvalue weighted by molar-refractivity contribution is -0.116. The van der Waals surface area contributed by atoms with E-state index in [1.165, 1.54) is 13.8 Å². The predicted octanol–water partition coefficient (Wildman–Crippen LogP) is 1.27. The van der Waals surface area contributed by atoms with E-state index in [1.54, 1.807) is 6.92 Å². The smallest absolute Gasteiger partial charge is 0.180 e.